The summed E-state index contributed by atoms with van der Waals surface area (Å²) in [5.41, 5.74) is 1.73. The van der Waals surface area contributed by atoms with Crippen LogP contribution in [0.15, 0.2) is 11.6 Å². The molecule has 6 nitrogen and oxygen atoms in total. The molecule has 5 aliphatic rings. The maximum absolute atomic E-state index is 10.5. The van der Waals surface area contributed by atoms with Gasteiger partial charge in [0.15, 0.2) is 6.29 Å². The summed E-state index contributed by atoms with van der Waals surface area (Å²) >= 11 is 0. The first-order valence-electron chi connectivity index (χ1n) is 16.7. The fourth-order valence-electron chi connectivity index (χ4n) is 10.2. The number of aliphatic hydroxyl groups excluding tert-OH is 4. The number of fused-ring (bicyclic) bond motifs is 5. The van der Waals surface area contributed by atoms with Crippen molar-refractivity contribution in [1.29, 1.82) is 0 Å². The zero-order valence-electron chi connectivity index (χ0n) is 25.8. The van der Waals surface area contributed by atoms with Crippen LogP contribution in [0.2, 0.25) is 0 Å². The van der Waals surface area contributed by atoms with E-state index in [0.717, 1.165) is 66.6 Å². The highest BCUT2D eigenvalue weighted by molar-refractivity contribution is 5.25. The second-order valence-electron chi connectivity index (χ2n) is 15.0. The van der Waals surface area contributed by atoms with Crippen LogP contribution in [0.4, 0.5) is 0 Å². The average Bonchev–Trinajstić information content (AvgIpc) is 3.38. The molecule has 40 heavy (non-hydrogen) atoms. The summed E-state index contributed by atoms with van der Waals surface area (Å²) in [6.45, 7) is 11.8. The van der Waals surface area contributed by atoms with Crippen LogP contribution in [-0.2, 0) is 9.47 Å². The van der Waals surface area contributed by atoms with Gasteiger partial charge in [-0.15, -0.1) is 0 Å². The number of ether oxygens (including phenoxy) is 2. The smallest absolute Gasteiger partial charge is 0.186 e. The van der Waals surface area contributed by atoms with Gasteiger partial charge in [0.2, 0.25) is 0 Å². The van der Waals surface area contributed by atoms with Crippen molar-refractivity contribution in [2.24, 2.45) is 52.8 Å². The lowest BCUT2D eigenvalue weighted by Gasteiger charge is -2.56. The maximum atomic E-state index is 10.5. The topological polar surface area (TPSA) is 99.4 Å². The Balaban J connectivity index is 1.20. The summed E-state index contributed by atoms with van der Waals surface area (Å²) < 4.78 is 11.9. The Morgan fingerprint density at radius 3 is 2.40 bits per heavy atom. The molecule has 4 N–H and O–H groups in total. The SMILES string of the molecule is CC[C@H](CC[C@@H](C)[C@H]1CC[C@@H]2[C@@H]1CC[C@H]1[C@H]2CC=C2C[C@@H](O[C@@H]3O[C@H](CO)[C@@H](O)[C@H](O)[C@H]3O)CC[C@@]21C)C(C)C. The summed E-state index contributed by atoms with van der Waals surface area (Å²) in [5, 5.41) is 40.3. The minimum Gasteiger partial charge on any atom is -0.394 e. The molecule has 0 unspecified atom stereocenters. The van der Waals surface area contributed by atoms with E-state index in [2.05, 4.69) is 40.7 Å². The molecule has 0 radical (unpaired) electrons. The van der Waals surface area contributed by atoms with Crippen LogP contribution in [-0.4, -0.2) is 63.8 Å². The van der Waals surface area contributed by atoms with Crippen molar-refractivity contribution in [2.45, 2.75) is 142 Å². The van der Waals surface area contributed by atoms with Gasteiger partial charge in [0.1, 0.15) is 24.4 Å². The van der Waals surface area contributed by atoms with Gasteiger partial charge in [-0.05, 0) is 111 Å². The summed E-state index contributed by atoms with van der Waals surface area (Å²) in [4.78, 5) is 0. The van der Waals surface area contributed by atoms with Gasteiger partial charge in [0.05, 0.1) is 12.7 Å². The monoisotopic (exact) mass is 562 g/mol. The minimum atomic E-state index is -1.39. The van der Waals surface area contributed by atoms with E-state index in [1.165, 1.54) is 56.9 Å². The molecule has 3 saturated carbocycles. The van der Waals surface area contributed by atoms with Crippen molar-refractivity contribution in [2.75, 3.05) is 6.61 Å². The van der Waals surface area contributed by atoms with Gasteiger partial charge >= 0.3 is 0 Å². The van der Waals surface area contributed by atoms with Crippen molar-refractivity contribution in [1.82, 2.24) is 0 Å². The molecule has 4 aliphatic carbocycles. The van der Waals surface area contributed by atoms with E-state index in [1.807, 2.05) is 0 Å². The second kappa shape index (κ2) is 12.6. The third-order valence-electron chi connectivity index (χ3n) is 12.8. The molecule has 230 valence electrons. The predicted molar refractivity (Wildman–Crippen MR) is 156 cm³/mol. The van der Waals surface area contributed by atoms with E-state index in [4.69, 9.17) is 9.47 Å². The zero-order valence-corrected chi connectivity index (χ0v) is 25.8. The Morgan fingerprint density at radius 2 is 1.70 bits per heavy atom. The van der Waals surface area contributed by atoms with Crippen LogP contribution in [0.3, 0.4) is 0 Å². The minimum absolute atomic E-state index is 0.0943. The van der Waals surface area contributed by atoms with Crippen LogP contribution in [0.25, 0.3) is 0 Å². The van der Waals surface area contributed by atoms with Crippen molar-refractivity contribution in [3.05, 3.63) is 11.6 Å². The van der Waals surface area contributed by atoms with Crippen LogP contribution in [0, 0.1) is 52.8 Å². The van der Waals surface area contributed by atoms with Crippen LogP contribution in [0.1, 0.15) is 105 Å². The summed E-state index contributed by atoms with van der Waals surface area (Å²) in [6, 6.07) is 0. The van der Waals surface area contributed by atoms with Gasteiger partial charge in [-0.25, -0.2) is 0 Å². The molecule has 0 aromatic carbocycles. The highest BCUT2D eigenvalue weighted by Crippen LogP contribution is 2.63. The number of aliphatic hydroxyl groups is 4. The summed E-state index contributed by atoms with van der Waals surface area (Å²) in [6.07, 6.45) is 10.1. The molecule has 5 rings (SSSR count). The first-order valence-corrected chi connectivity index (χ1v) is 16.7. The third-order valence-corrected chi connectivity index (χ3v) is 12.8. The molecule has 6 heteroatoms. The average molecular weight is 563 g/mol. The number of allylic oxidation sites excluding steroid dienone is 1. The van der Waals surface area contributed by atoms with E-state index in [0.29, 0.717) is 0 Å². The Hall–Kier alpha value is -0.500. The quantitative estimate of drug-likeness (QED) is 0.279. The van der Waals surface area contributed by atoms with Crippen molar-refractivity contribution >= 4 is 0 Å². The fourth-order valence-corrected chi connectivity index (χ4v) is 10.2. The lowest BCUT2D eigenvalue weighted by atomic mass is 9.50. The standard InChI is InChI=1S/C34H58O6/c1-6-21(19(2)3)8-7-20(4)24-11-12-26-25(24)13-14-28-27(26)10-9-22-17-23(15-16-34(22,28)5)39-33-32(38)31(37)30(36)29(18-35)40-33/h9,19-21,23-33,35-38H,6-8,10-18H2,1-5H3/t20-,21-,23+,24-,25-,26-,27+,28+,29-,30-,31+,32-,33-,34+/m1/s1. The Bertz CT molecular complexity index is 872. The summed E-state index contributed by atoms with van der Waals surface area (Å²) in [5.74, 6) is 6.79. The van der Waals surface area contributed by atoms with Gasteiger partial charge in [-0.1, -0.05) is 59.1 Å². The van der Waals surface area contributed by atoms with E-state index < -0.39 is 37.3 Å². The lowest BCUT2D eigenvalue weighted by Crippen LogP contribution is -2.60. The lowest BCUT2D eigenvalue weighted by molar-refractivity contribution is -0.313. The number of hydrogen-bond acceptors (Lipinski definition) is 6. The van der Waals surface area contributed by atoms with Gasteiger partial charge in [0, 0.05) is 0 Å². The largest absolute Gasteiger partial charge is 0.394 e. The van der Waals surface area contributed by atoms with Crippen molar-refractivity contribution < 1.29 is 29.9 Å². The zero-order chi connectivity index (χ0) is 28.8. The molecular formula is C34H58O6. The highest BCUT2D eigenvalue weighted by Gasteiger charge is 2.55. The van der Waals surface area contributed by atoms with E-state index in [-0.39, 0.29) is 11.5 Å². The van der Waals surface area contributed by atoms with Crippen molar-refractivity contribution in [3.63, 3.8) is 0 Å². The predicted octanol–water partition coefficient (Wildman–Crippen LogP) is 5.46. The Morgan fingerprint density at radius 1 is 0.950 bits per heavy atom. The maximum Gasteiger partial charge on any atom is 0.186 e. The molecule has 4 fully saturated rings. The molecule has 1 aliphatic heterocycles. The van der Waals surface area contributed by atoms with Crippen LogP contribution >= 0.6 is 0 Å². The Labute approximate surface area is 242 Å². The molecule has 1 saturated heterocycles. The van der Waals surface area contributed by atoms with Crippen LogP contribution < -0.4 is 0 Å². The third kappa shape index (κ3) is 5.71. The number of rotatable bonds is 9. The normalized spacial score (nSPS) is 46.8. The van der Waals surface area contributed by atoms with Gasteiger partial charge in [-0.3, -0.25) is 0 Å². The fraction of sp³-hybridized carbons (Fsp3) is 0.941. The molecule has 0 amide bonds. The molecule has 14 atom stereocenters. The molecule has 1 heterocycles. The molecule has 0 spiro atoms. The highest BCUT2D eigenvalue weighted by atomic mass is 16.7. The first-order chi connectivity index (χ1) is 19.1. The van der Waals surface area contributed by atoms with E-state index in [9.17, 15) is 20.4 Å². The van der Waals surface area contributed by atoms with Gasteiger partial charge in [0.25, 0.3) is 0 Å². The Kier molecular flexibility index (Phi) is 9.76. The van der Waals surface area contributed by atoms with Crippen molar-refractivity contribution in [3.8, 4) is 0 Å². The van der Waals surface area contributed by atoms with E-state index in [1.54, 1.807) is 0 Å². The molecule has 0 aromatic rings. The van der Waals surface area contributed by atoms with Gasteiger partial charge in [-0.2, -0.15) is 0 Å². The molecule has 0 aromatic heterocycles. The van der Waals surface area contributed by atoms with E-state index >= 15 is 0 Å². The van der Waals surface area contributed by atoms with Crippen LogP contribution in [0.5, 0.6) is 0 Å². The van der Waals surface area contributed by atoms with Gasteiger partial charge < -0.3 is 29.9 Å². The number of hydrogen-bond donors (Lipinski definition) is 4. The summed E-state index contributed by atoms with van der Waals surface area (Å²) in [7, 11) is 0. The second-order valence-corrected chi connectivity index (χ2v) is 15.0. The molecular weight excluding hydrogens is 504 g/mol. The molecule has 0 bridgehead atoms. The first kappa shape index (κ1) is 30.9.